The normalized spacial score (nSPS) is 17.4. The van der Waals surface area contributed by atoms with Crippen molar-refractivity contribution in [3.05, 3.63) is 34.3 Å². The summed E-state index contributed by atoms with van der Waals surface area (Å²) < 4.78 is 10.9. The Morgan fingerprint density at radius 2 is 2.41 bits per heavy atom. The molecule has 1 aromatic carbocycles. The number of nitrogens with zero attached hydrogens (tertiary/aromatic N) is 2. The van der Waals surface area contributed by atoms with Crippen LogP contribution in [0.15, 0.2) is 24.3 Å². The number of ether oxygens (including phenoxy) is 2. The molecular formula is C14H14ClN3O3S. The van der Waals surface area contributed by atoms with Crippen molar-refractivity contribution >= 4 is 34.0 Å². The van der Waals surface area contributed by atoms with Crippen LogP contribution >= 0.6 is 22.9 Å². The molecule has 1 atom stereocenters. The van der Waals surface area contributed by atoms with Crippen LogP contribution in [0.2, 0.25) is 5.02 Å². The summed E-state index contributed by atoms with van der Waals surface area (Å²) in [6.45, 7) is 0.634. The lowest BCUT2D eigenvalue weighted by molar-refractivity contribution is -0.118. The molecule has 1 saturated heterocycles. The molecule has 0 spiro atoms. The Labute approximate surface area is 136 Å². The van der Waals surface area contributed by atoms with Crippen molar-refractivity contribution in [3.8, 4) is 5.75 Å². The third kappa shape index (κ3) is 3.94. The summed E-state index contributed by atoms with van der Waals surface area (Å²) in [6.07, 6.45) is 1.98. The van der Waals surface area contributed by atoms with Crippen LogP contribution in [0, 0.1) is 0 Å². The number of amides is 1. The lowest BCUT2D eigenvalue weighted by atomic mass is 10.2. The molecule has 22 heavy (non-hydrogen) atoms. The van der Waals surface area contributed by atoms with Gasteiger partial charge >= 0.3 is 0 Å². The first kappa shape index (κ1) is 15.2. The summed E-state index contributed by atoms with van der Waals surface area (Å²) in [5.74, 6) is 0.245. The Morgan fingerprint density at radius 1 is 1.50 bits per heavy atom. The van der Waals surface area contributed by atoms with E-state index in [1.165, 1.54) is 11.3 Å². The SMILES string of the molecule is O=C(COc1cccc(Cl)c1)Nc1nnc([C@@H]2CCCO2)s1. The zero-order chi connectivity index (χ0) is 15.4. The quantitative estimate of drug-likeness (QED) is 0.906. The van der Waals surface area contributed by atoms with Crippen LogP contribution in [0.3, 0.4) is 0 Å². The summed E-state index contributed by atoms with van der Waals surface area (Å²) >= 11 is 7.17. The Hall–Kier alpha value is -1.70. The Balaban J connectivity index is 1.51. The van der Waals surface area contributed by atoms with Gasteiger partial charge in [-0.05, 0) is 31.0 Å². The first-order valence-electron chi connectivity index (χ1n) is 6.84. The molecule has 0 unspecified atom stereocenters. The van der Waals surface area contributed by atoms with E-state index in [0.717, 1.165) is 24.5 Å². The molecular weight excluding hydrogens is 326 g/mol. The highest BCUT2D eigenvalue weighted by Crippen LogP contribution is 2.31. The second kappa shape index (κ2) is 7.04. The van der Waals surface area contributed by atoms with E-state index < -0.39 is 0 Å². The minimum absolute atomic E-state index is 0.00543. The summed E-state index contributed by atoms with van der Waals surface area (Å²) in [4.78, 5) is 11.8. The fourth-order valence-corrected chi connectivity index (χ4v) is 3.07. The summed E-state index contributed by atoms with van der Waals surface area (Å²) in [5.41, 5.74) is 0. The van der Waals surface area contributed by atoms with Crippen molar-refractivity contribution in [2.24, 2.45) is 0 Å². The third-order valence-electron chi connectivity index (χ3n) is 3.06. The second-order valence-corrected chi connectivity index (χ2v) is 6.19. The number of anilines is 1. The van der Waals surface area contributed by atoms with Crippen molar-refractivity contribution in [3.63, 3.8) is 0 Å². The smallest absolute Gasteiger partial charge is 0.264 e. The van der Waals surface area contributed by atoms with Gasteiger partial charge in [-0.2, -0.15) is 0 Å². The lowest BCUT2D eigenvalue weighted by Gasteiger charge is -2.05. The molecule has 8 heteroatoms. The van der Waals surface area contributed by atoms with Gasteiger partial charge in [0.25, 0.3) is 5.91 Å². The van der Waals surface area contributed by atoms with Crippen molar-refractivity contribution in [1.29, 1.82) is 0 Å². The van der Waals surface area contributed by atoms with Crippen LogP contribution in [0.5, 0.6) is 5.75 Å². The summed E-state index contributed by atoms with van der Waals surface area (Å²) in [7, 11) is 0. The van der Waals surface area contributed by atoms with E-state index in [0.29, 0.717) is 15.9 Å². The number of carbonyl (C=O) groups excluding carboxylic acids is 1. The van der Waals surface area contributed by atoms with Gasteiger partial charge in [-0.15, -0.1) is 10.2 Å². The van der Waals surface area contributed by atoms with E-state index in [1.54, 1.807) is 24.3 Å². The van der Waals surface area contributed by atoms with E-state index in [9.17, 15) is 4.79 Å². The number of benzene rings is 1. The summed E-state index contributed by atoms with van der Waals surface area (Å²) in [6, 6.07) is 6.88. The molecule has 1 aliphatic rings. The van der Waals surface area contributed by atoms with Gasteiger partial charge < -0.3 is 9.47 Å². The molecule has 1 fully saturated rings. The maximum absolute atomic E-state index is 11.8. The molecule has 0 aliphatic carbocycles. The van der Waals surface area contributed by atoms with Gasteiger partial charge in [-0.25, -0.2) is 0 Å². The van der Waals surface area contributed by atoms with Gasteiger partial charge in [0.05, 0.1) is 0 Å². The molecule has 1 aliphatic heterocycles. The maximum atomic E-state index is 11.8. The van der Waals surface area contributed by atoms with Crippen LogP contribution < -0.4 is 10.1 Å². The fourth-order valence-electron chi connectivity index (χ4n) is 2.05. The van der Waals surface area contributed by atoms with Crippen LogP contribution in [0.1, 0.15) is 24.0 Å². The van der Waals surface area contributed by atoms with Gasteiger partial charge in [0.1, 0.15) is 16.9 Å². The molecule has 0 bridgehead atoms. The minimum Gasteiger partial charge on any atom is -0.484 e. The van der Waals surface area contributed by atoms with E-state index in [1.807, 2.05) is 0 Å². The standard InChI is InChI=1S/C14H14ClN3O3S/c15-9-3-1-4-10(7-9)21-8-12(19)16-14-18-17-13(22-14)11-5-2-6-20-11/h1,3-4,7,11H,2,5-6,8H2,(H,16,18,19)/t11-/m0/s1. The molecule has 116 valence electrons. The van der Waals surface area contributed by atoms with E-state index >= 15 is 0 Å². The second-order valence-electron chi connectivity index (χ2n) is 4.74. The van der Waals surface area contributed by atoms with E-state index in [4.69, 9.17) is 21.1 Å². The van der Waals surface area contributed by atoms with Crippen LogP contribution in [0.25, 0.3) is 0 Å². The van der Waals surface area contributed by atoms with E-state index in [-0.39, 0.29) is 18.6 Å². The zero-order valence-electron chi connectivity index (χ0n) is 11.6. The molecule has 0 saturated carbocycles. The number of halogens is 1. The molecule has 6 nitrogen and oxygen atoms in total. The molecule has 1 amide bonds. The van der Waals surface area contributed by atoms with Crippen LogP contribution in [-0.4, -0.2) is 29.3 Å². The Morgan fingerprint density at radius 3 is 3.18 bits per heavy atom. The molecule has 2 aromatic rings. The highest BCUT2D eigenvalue weighted by Gasteiger charge is 2.22. The zero-order valence-corrected chi connectivity index (χ0v) is 13.2. The minimum atomic E-state index is -0.296. The monoisotopic (exact) mass is 339 g/mol. The van der Waals surface area contributed by atoms with Crippen molar-refractivity contribution in [1.82, 2.24) is 10.2 Å². The first-order chi connectivity index (χ1) is 10.7. The number of rotatable bonds is 5. The predicted molar refractivity (Wildman–Crippen MR) is 83.4 cm³/mol. The topological polar surface area (TPSA) is 73.3 Å². The number of hydrogen-bond donors (Lipinski definition) is 1. The maximum Gasteiger partial charge on any atom is 0.264 e. The highest BCUT2D eigenvalue weighted by atomic mass is 35.5. The average molecular weight is 340 g/mol. The van der Waals surface area contributed by atoms with Gasteiger partial charge in [0.2, 0.25) is 5.13 Å². The van der Waals surface area contributed by atoms with Gasteiger partial charge in [-0.1, -0.05) is 29.0 Å². The predicted octanol–water partition coefficient (Wildman–Crippen LogP) is 3.06. The molecule has 1 aromatic heterocycles. The summed E-state index contributed by atoms with van der Waals surface area (Å²) in [5, 5.41) is 12.5. The molecule has 3 rings (SSSR count). The number of carbonyl (C=O) groups is 1. The largest absolute Gasteiger partial charge is 0.484 e. The third-order valence-corrected chi connectivity index (χ3v) is 4.22. The van der Waals surface area contributed by atoms with Crippen LogP contribution in [-0.2, 0) is 9.53 Å². The van der Waals surface area contributed by atoms with Gasteiger partial charge in [-0.3, -0.25) is 10.1 Å². The van der Waals surface area contributed by atoms with Gasteiger partial charge in [0.15, 0.2) is 6.61 Å². The van der Waals surface area contributed by atoms with Crippen molar-refractivity contribution in [2.45, 2.75) is 18.9 Å². The molecule has 2 heterocycles. The number of aromatic nitrogens is 2. The van der Waals surface area contributed by atoms with E-state index in [2.05, 4.69) is 15.5 Å². The number of hydrogen-bond acceptors (Lipinski definition) is 6. The van der Waals surface area contributed by atoms with Gasteiger partial charge in [0, 0.05) is 11.6 Å². The average Bonchev–Trinajstić information content (AvgIpc) is 3.16. The Kier molecular flexibility index (Phi) is 4.87. The first-order valence-corrected chi connectivity index (χ1v) is 8.03. The van der Waals surface area contributed by atoms with Crippen molar-refractivity contribution < 1.29 is 14.3 Å². The molecule has 0 radical (unpaired) electrons. The van der Waals surface area contributed by atoms with Crippen LogP contribution in [0.4, 0.5) is 5.13 Å². The highest BCUT2D eigenvalue weighted by molar-refractivity contribution is 7.15. The Bertz CT molecular complexity index is 658. The fraction of sp³-hybridized carbons (Fsp3) is 0.357. The lowest BCUT2D eigenvalue weighted by Crippen LogP contribution is -2.20. The van der Waals surface area contributed by atoms with Crippen molar-refractivity contribution in [2.75, 3.05) is 18.5 Å². The molecule has 1 N–H and O–H groups in total. The number of nitrogens with one attached hydrogen (secondary N) is 1.